The molecule has 0 aliphatic rings. The molecular weight excluding hydrogens is 264 g/mol. The highest BCUT2D eigenvalue weighted by atomic mass is 32.2. The summed E-state index contributed by atoms with van der Waals surface area (Å²) in [5, 5.41) is 8.42. The molecule has 0 spiro atoms. The van der Waals surface area contributed by atoms with E-state index in [2.05, 4.69) is 5.32 Å². The molecule has 0 heterocycles. The molecule has 3 N–H and O–H groups in total. The van der Waals surface area contributed by atoms with Crippen LogP contribution in [0, 0.1) is 0 Å². The first kappa shape index (κ1) is 16.1. The van der Waals surface area contributed by atoms with Crippen LogP contribution >= 0.6 is 0 Å². The topological polar surface area (TPSA) is 81.4 Å². The molecule has 0 aromatic heterocycles. The van der Waals surface area contributed by atoms with E-state index in [1.165, 1.54) is 6.07 Å². The van der Waals surface area contributed by atoms with Gasteiger partial charge >= 0.3 is 0 Å². The molecule has 2 atom stereocenters. The molecule has 0 saturated heterocycles. The fourth-order valence-electron chi connectivity index (χ4n) is 1.76. The molecule has 1 aromatic rings. The van der Waals surface area contributed by atoms with Crippen molar-refractivity contribution in [2.45, 2.75) is 37.8 Å². The second-order valence-electron chi connectivity index (χ2n) is 4.51. The minimum absolute atomic E-state index is 0.0320. The maximum atomic E-state index is 11.3. The van der Waals surface area contributed by atoms with Crippen molar-refractivity contribution in [3.05, 3.63) is 29.8 Å². The highest BCUT2D eigenvalue weighted by Gasteiger charge is 2.12. The summed E-state index contributed by atoms with van der Waals surface area (Å²) in [5.41, 5.74) is 0.884. The van der Waals surface area contributed by atoms with Gasteiger partial charge in [-0.2, -0.15) is 0 Å². The Morgan fingerprint density at radius 3 is 2.63 bits per heavy atom. The van der Waals surface area contributed by atoms with E-state index in [1.54, 1.807) is 12.1 Å². The number of ether oxygens (including phenoxy) is 1. The standard InChI is InChI=1S/C13H22N2O3S/c1-4-18-10(2)9-15-11(3)12-6-5-7-13(8-12)19(14,16)17/h5-8,10-11,15H,4,9H2,1-3H3,(H2,14,16,17). The quantitative estimate of drug-likeness (QED) is 0.794. The number of hydrogen-bond donors (Lipinski definition) is 2. The fourth-order valence-corrected chi connectivity index (χ4v) is 2.33. The SMILES string of the molecule is CCOC(C)CNC(C)c1cccc(S(N)(=O)=O)c1. The number of hydrogen-bond acceptors (Lipinski definition) is 4. The third-order valence-electron chi connectivity index (χ3n) is 2.85. The van der Waals surface area contributed by atoms with Gasteiger partial charge in [-0.05, 0) is 38.5 Å². The van der Waals surface area contributed by atoms with Crippen molar-refractivity contribution in [2.75, 3.05) is 13.2 Å². The third-order valence-corrected chi connectivity index (χ3v) is 3.76. The minimum atomic E-state index is -3.65. The number of sulfonamides is 1. The van der Waals surface area contributed by atoms with Gasteiger partial charge in [-0.15, -0.1) is 0 Å². The molecule has 0 aliphatic carbocycles. The average molecular weight is 286 g/mol. The van der Waals surface area contributed by atoms with Crippen molar-refractivity contribution >= 4 is 10.0 Å². The molecule has 0 bridgehead atoms. The Labute approximate surface area is 115 Å². The van der Waals surface area contributed by atoms with Crippen LogP contribution in [0.2, 0.25) is 0 Å². The van der Waals surface area contributed by atoms with Gasteiger partial charge in [0.15, 0.2) is 0 Å². The first-order chi connectivity index (χ1) is 8.84. The summed E-state index contributed by atoms with van der Waals surface area (Å²) >= 11 is 0. The van der Waals surface area contributed by atoms with Crippen LogP contribution in [0.25, 0.3) is 0 Å². The van der Waals surface area contributed by atoms with Crippen LogP contribution in [0.5, 0.6) is 0 Å². The second kappa shape index (κ2) is 7.00. The summed E-state index contributed by atoms with van der Waals surface area (Å²) in [5.74, 6) is 0. The van der Waals surface area contributed by atoms with Crippen LogP contribution in [0.1, 0.15) is 32.4 Å². The lowest BCUT2D eigenvalue weighted by Gasteiger charge is -2.18. The number of benzene rings is 1. The lowest BCUT2D eigenvalue weighted by Crippen LogP contribution is -2.29. The summed E-state index contributed by atoms with van der Waals surface area (Å²) in [7, 11) is -3.65. The van der Waals surface area contributed by atoms with Crippen LogP contribution in [0.15, 0.2) is 29.2 Å². The monoisotopic (exact) mass is 286 g/mol. The van der Waals surface area contributed by atoms with Crippen molar-refractivity contribution in [3.8, 4) is 0 Å². The van der Waals surface area contributed by atoms with E-state index in [-0.39, 0.29) is 17.0 Å². The van der Waals surface area contributed by atoms with Crippen LogP contribution in [0.4, 0.5) is 0 Å². The smallest absolute Gasteiger partial charge is 0.238 e. The van der Waals surface area contributed by atoms with Gasteiger partial charge in [-0.3, -0.25) is 0 Å². The molecule has 108 valence electrons. The molecule has 5 nitrogen and oxygen atoms in total. The number of primary sulfonamides is 1. The molecular formula is C13H22N2O3S. The maximum absolute atomic E-state index is 11.3. The Morgan fingerprint density at radius 1 is 1.37 bits per heavy atom. The minimum Gasteiger partial charge on any atom is -0.377 e. The van der Waals surface area contributed by atoms with Gasteiger partial charge in [0.05, 0.1) is 11.0 Å². The molecule has 19 heavy (non-hydrogen) atoms. The zero-order valence-electron chi connectivity index (χ0n) is 11.6. The lowest BCUT2D eigenvalue weighted by molar-refractivity contribution is 0.0743. The Balaban J connectivity index is 2.70. The van der Waals surface area contributed by atoms with E-state index in [4.69, 9.17) is 9.88 Å². The van der Waals surface area contributed by atoms with E-state index < -0.39 is 10.0 Å². The Hall–Kier alpha value is -0.950. The molecule has 0 aliphatic heterocycles. The van der Waals surface area contributed by atoms with Gasteiger partial charge < -0.3 is 10.1 Å². The van der Waals surface area contributed by atoms with Gasteiger partial charge in [0.2, 0.25) is 10.0 Å². The van der Waals surface area contributed by atoms with E-state index in [0.29, 0.717) is 13.2 Å². The number of nitrogens with two attached hydrogens (primary N) is 1. The van der Waals surface area contributed by atoms with Crippen LogP contribution in [0.3, 0.4) is 0 Å². The van der Waals surface area contributed by atoms with E-state index in [1.807, 2.05) is 26.8 Å². The van der Waals surface area contributed by atoms with Crippen molar-refractivity contribution in [2.24, 2.45) is 5.14 Å². The van der Waals surface area contributed by atoms with Crippen LogP contribution < -0.4 is 10.5 Å². The van der Waals surface area contributed by atoms with Crippen molar-refractivity contribution in [1.29, 1.82) is 0 Å². The summed E-state index contributed by atoms with van der Waals surface area (Å²) < 4.78 is 28.0. The van der Waals surface area contributed by atoms with Crippen molar-refractivity contribution < 1.29 is 13.2 Å². The fraction of sp³-hybridized carbons (Fsp3) is 0.538. The molecule has 0 saturated carbocycles. The molecule has 1 aromatic carbocycles. The van der Waals surface area contributed by atoms with E-state index >= 15 is 0 Å². The molecule has 0 radical (unpaired) electrons. The number of nitrogens with one attached hydrogen (secondary N) is 1. The zero-order chi connectivity index (χ0) is 14.5. The summed E-state index contributed by atoms with van der Waals surface area (Å²) in [6.45, 7) is 7.30. The van der Waals surface area contributed by atoms with Gasteiger partial charge in [0, 0.05) is 19.2 Å². The second-order valence-corrected chi connectivity index (χ2v) is 6.07. The number of rotatable bonds is 7. The van der Waals surface area contributed by atoms with Gasteiger partial charge in [0.1, 0.15) is 0 Å². The zero-order valence-corrected chi connectivity index (χ0v) is 12.4. The molecule has 0 fully saturated rings. The van der Waals surface area contributed by atoms with Crippen LogP contribution in [-0.2, 0) is 14.8 Å². The molecule has 6 heteroatoms. The van der Waals surface area contributed by atoms with Crippen LogP contribution in [-0.4, -0.2) is 27.7 Å². The first-order valence-corrected chi connectivity index (χ1v) is 7.87. The van der Waals surface area contributed by atoms with Gasteiger partial charge in [-0.1, -0.05) is 12.1 Å². The van der Waals surface area contributed by atoms with Crippen molar-refractivity contribution in [3.63, 3.8) is 0 Å². The maximum Gasteiger partial charge on any atom is 0.238 e. The lowest BCUT2D eigenvalue weighted by atomic mass is 10.1. The predicted octanol–water partition coefficient (Wildman–Crippen LogP) is 1.41. The third kappa shape index (κ3) is 5.28. The summed E-state index contributed by atoms with van der Waals surface area (Å²) in [6.07, 6.45) is 0.119. The summed E-state index contributed by atoms with van der Waals surface area (Å²) in [6, 6.07) is 6.69. The predicted molar refractivity (Wildman–Crippen MR) is 75.3 cm³/mol. The van der Waals surface area contributed by atoms with Gasteiger partial charge in [0.25, 0.3) is 0 Å². The molecule has 1 rings (SSSR count). The van der Waals surface area contributed by atoms with E-state index in [0.717, 1.165) is 5.56 Å². The highest BCUT2D eigenvalue weighted by molar-refractivity contribution is 7.89. The normalized spacial score (nSPS) is 15.2. The summed E-state index contributed by atoms with van der Waals surface area (Å²) in [4.78, 5) is 0.136. The van der Waals surface area contributed by atoms with Crippen molar-refractivity contribution in [1.82, 2.24) is 5.32 Å². The highest BCUT2D eigenvalue weighted by Crippen LogP contribution is 2.16. The Morgan fingerprint density at radius 2 is 2.05 bits per heavy atom. The van der Waals surface area contributed by atoms with Gasteiger partial charge in [-0.25, -0.2) is 13.6 Å². The Bertz CT molecular complexity index is 502. The largest absolute Gasteiger partial charge is 0.377 e. The van der Waals surface area contributed by atoms with E-state index in [9.17, 15) is 8.42 Å². The molecule has 2 unspecified atom stereocenters. The Kier molecular flexibility index (Phi) is 5.93. The first-order valence-electron chi connectivity index (χ1n) is 6.32. The molecule has 0 amide bonds. The average Bonchev–Trinajstić information content (AvgIpc) is 2.35.